The van der Waals surface area contributed by atoms with Crippen molar-refractivity contribution in [3.05, 3.63) is 45.1 Å². The molecule has 0 atom stereocenters. The van der Waals surface area contributed by atoms with Gasteiger partial charge in [0.25, 0.3) is 0 Å². The molecule has 2 aliphatic rings. The van der Waals surface area contributed by atoms with Crippen molar-refractivity contribution in [1.82, 2.24) is 0 Å². The molecule has 0 radical (unpaired) electrons. The predicted octanol–water partition coefficient (Wildman–Crippen LogP) is 6.65. The molecule has 0 aromatic rings. The van der Waals surface area contributed by atoms with Gasteiger partial charge in [-0.3, -0.25) is 0 Å². The van der Waals surface area contributed by atoms with Crippen molar-refractivity contribution in [2.75, 3.05) is 13.3 Å². The third-order valence-corrected chi connectivity index (χ3v) is 10.1. The topological polar surface area (TPSA) is 0 Å². The van der Waals surface area contributed by atoms with Crippen LogP contribution in [-0.4, -0.2) is 32.2 Å². The van der Waals surface area contributed by atoms with Gasteiger partial charge in [-0.2, -0.15) is 0 Å². The van der Waals surface area contributed by atoms with Crippen LogP contribution in [0.1, 0.15) is 68.2 Å². The van der Waals surface area contributed by atoms with Gasteiger partial charge >= 0.3 is 164 Å². The van der Waals surface area contributed by atoms with Crippen molar-refractivity contribution in [3.63, 3.8) is 0 Å². The molecule has 2 aliphatic carbocycles. The Kier molecular flexibility index (Phi) is 6.38. The van der Waals surface area contributed by atoms with Gasteiger partial charge in [-0.1, -0.05) is 0 Å². The molecule has 0 fully saturated rings. The zero-order valence-corrected chi connectivity index (χ0v) is 18.1. The predicted molar refractivity (Wildman–Crippen MR) is 117 cm³/mol. The molecule has 0 N–H and O–H groups in total. The molecule has 0 aliphatic heterocycles. The zero-order chi connectivity index (χ0) is 17.8. The second kappa shape index (κ2) is 6.95. The summed E-state index contributed by atoms with van der Waals surface area (Å²) in [6, 6.07) is 0. The van der Waals surface area contributed by atoms with Gasteiger partial charge in [0, 0.05) is 0 Å². The second-order valence-electron chi connectivity index (χ2n) is 10.1. The van der Waals surface area contributed by atoms with Crippen LogP contribution in [0.15, 0.2) is 45.1 Å². The van der Waals surface area contributed by atoms with Crippen molar-refractivity contribution in [2.24, 2.45) is 10.8 Å². The summed E-state index contributed by atoms with van der Waals surface area (Å²) in [7, 11) is -1.55. The van der Waals surface area contributed by atoms with E-state index < -0.39 is 7.26 Å². The van der Waals surface area contributed by atoms with Gasteiger partial charge < -0.3 is 0 Å². The van der Waals surface area contributed by atoms with Crippen LogP contribution in [-0.2, 0) is 0 Å². The third kappa shape index (κ3) is 4.21. The SMILES string of the molecule is CC1=C([PH](C)(C)C2=C(C)C=C(C(C)(C)C)C2)CC(C(C)(C)C)=C1.[LiH]. The second-order valence-corrected chi connectivity index (χ2v) is 14.6. The van der Waals surface area contributed by atoms with Crippen LogP contribution < -0.4 is 0 Å². The number of hydrogen-bond donors (Lipinski definition) is 0. The van der Waals surface area contributed by atoms with E-state index in [4.69, 9.17) is 0 Å². The van der Waals surface area contributed by atoms with Crippen LogP contribution >= 0.6 is 7.26 Å². The molecule has 0 saturated carbocycles. The van der Waals surface area contributed by atoms with Crippen LogP contribution in [0.4, 0.5) is 0 Å². The normalized spacial score (nSPS) is 20.2. The minimum atomic E-state index is -1.55. The quantitative estimate of drug-likeness (QED) is 0.390. The molecule has 0 amide bonds. The number of hydrogen-bond acceptors (Lipinski definition) is 0. The van der Waals surface area contributed by atoms with E-state index >= 15 is 0 Å². The summed E-state index contributed by atoms with van der Waals surface area (Å²) in [4.78, 5) is 0. The molecule has 24 heavy (non-hydrogen) atoms. The van der Waals surface area contributed by atoms with E-state index in [9.17, 15) is 0 Å². The Labute approximate surface area is 163 Å². The number of rotatable bonds is 2. The van der Waals surface area contributed by atoms with Crippen molar-refractivity contribution >= 4 is 26.1 Å². The van der Waals surface area contributed by atoms with E-state index in [0.717, 1.165) is 0 Å². The number of allylic oxidation sites excluding steroid dienone is 8. The van der Waals surface area contributed by atoms with Gasteiger partial charge in [0.2, 0.25) is 0 Å². The average Bonchev–Trinajstić information content (AvgIpc) is 2.91. The first-order chi connectivity index (χ1) is 10.2. The third-order valence-electron chi connectivity index (χ3n) is 5.90. The van der Waals surface area contributed by atoms with E-state index in [-0.39, 0.29) is 18.9 Å². The molecule has 0 aromatic heterocycles. The molecular formula is C22H38LiP. The molecule has 2 heteroatoms. The Hall–Kier alpha value is -0.0126. The maximum absolute atomic E-state index is 2.57. The summed E-state index contributed by atoms with van der Waals surface area (Å²) in [5.74, 6) is 0. The zero-order valence-electron chi connectivity index (χ0n) is 17.1. The first-order valence-corrected chi connectivity index (χ1v) is 12.1. The summed E-state index contributed by atoms with van der Waals surface area (Å²) < 4.78 is 0. The Bertz CT molecular complexity index is 584. The van der Waals surface area contributed by atoms with Crippen molar-refractivity contribution in [2.45, 2.75) is 68.2 Å². The molecule has 0 nitrogen and oxygen atoms in total. The average molecular weight is 340 g/mol. The Morgan fingerprint density at radius 3 is 1.21 bits per heavy atom. The van der Waals surface area contributed by atoms with E-state index in [1.807, 2.05) is 0 Å². The maximum atomic E-state index is 2.57. The van der Waals surface area contributed by atoms with Crippen LogP contribution in [0, 0.1) is 10.8 Å². The van der Waals surface area contributed by atoms with Gasteiger partial charge in [0.1, 0.15) is 0 Å². The molecule has 0 spiro atoms. The van der Waals surface area contributed by atoms with Crippen molar-refractivity contribution in [3.8, 4) is 0 Å². The summed E-state index contributed by atoms with van der Waals surface area (Å²) >= 11 is 0. The summed E-state index contributed by atoms with van der Waals surface area (Å²) in [5.41, 5.74) is 6.92. The Morgan fingerprint density at radius 2 is 1.00 bits per heavy atom. The standard InChI is InChI=1S/C22H37P.Li.H/c1-15-11-17(21(3,4)5)13-19(15)23(9,10)20-14-18(12-16(20)2)22(6,7)8;;/h11-12,23H,13-14H2,1-10H3;;. The molecule has 0 aromatic carbocycles. The fourth-order valence-corrected chi connectivity index (χ4v) is 7.78. The summed E-state index contributed by atoms with van der Waals surface area (Å²) in [6.45, 7) is 23.9. The van der Waals surface area contributed by atoms with Crippen molar-refractivity contribution in [1.29, 1.82) is 0 Å². The molecule has 0 heterocycles. The van der Waals surface area contributed by atoms with Crippen LogP contribution in [0.3, 0.4) is 0 Å². The van der Waals surface area contributed by atoms with Gasteiger partial charge in [-0.15, -0.1) is 0 Å². The van der Waals surface area contributed by atoms with E-state index in [1.54, 1.807) is 32.9 Å². The molecule has 0 unspecified atom stereocenters. The fourth-order valence-electron chi connectivity index (χ4n) is 4.03. The monoisotopic (exact) mass is 340 g/mol. The van der Waals surface area contributed by atoms with E-state index in [2.05, 4.69) is 80.9 Å². The summed E-state index contributed by atoms with van der Waals surface area (Å²) in [6.07, 6.45) is 7.37. The molecule has 132 valence electrons. The Morgan fingerprint density at radius 1 is 0.708 bits per heavy atom. The van der Waals surface area contributed by atoms with E-state index in [1.165, 1.54) is 12.8 Å². The van der Waals surface area contributed by atoms with E-state index in [0.29, 0.717) is 10.8 Å². The van der Waals surface area contributed by atoms with Crippen LogP contribution in [0.5, 0.6) is 0 Å². The fraction of sp³-hybridized carbons (Fsp3) is 0.636. The minimum absolute atomic E-state index is 0. The van der Waals surface area contributed by atoms with Gasteiger partial charge in [-0.05, 0) is 0 Å². The van der Waals surface area contributed by atoms with Crippen LogP contribution in [0.2, 0.25) is 0 Å². The Balaban J connectivity index is 0.00000288. The van der Waals surface area contributed by atoms with Crippen molar-refractivity contribution < 1.29 is 0 Å². The van der Waals surface area contributed by atoms with Crippen LogP contribution in [0.25, 0.3) is 0 Å². The summed E-state index contributed by atoms with van der Waals surface area (Å²) in [5, 5.41) is 3.53. The first kappa shape index (κ1) is 22.0. The molecule has 0 saturated heterocycles. The molecule has 2 rings (SSSR count). The molecular weight excluding hydrogens is 302 g/mol. The van der Waals surface area contributed by atoms with Gasteiger partial charge in [0.15, 0.2) is 0 Å². The first-order valence-electron chi connectivity index (χ1n) is 9.07. The van der Waals surface area contributed by atoms with Gasteiger partial charge in [-0.25, -0.2) is 0 Å². The molecule has 0 bridgehead atoms. The van der Waals surface area contributed by atoms with Gasteiger partial charge in [0.05, 0.1) is 0 Å².